The van der Waals surface area contributed by atoms with Crippen molar-refractivity contribution >= 4 is 41.8 Å². The molecule has 228 valence electrons. The number of hydrogen-bond donors (Lipinski definition) is 3. The zero-order valence-electron chi connectivity index (χ0n) is 23.9. The van der Waals surface area contributed by atoms with E-state index in [1.165, 1.54) is 0 Å². The van der Waals surface area contributed by atoms with Crippen LogP contribution in [0.4, 0.5) is 24.8 Å². The highest BCUT2D eigenvalue weighted by molar-refractivity contribution is 7.83. The molecule has 0 saturated carbocycles. The first-order valence-electron chi connectivity index (χ1n) is 14.4. The van der Waals surface area contributed by atoms with Gasteiger partial charge in [-0.25, -0.2) is 9.97 Å². The molecule has 2 amide bonds. The average molecular weight is 631 g/mol. The average Bonchev–Trinajstić information content (AvgIpc) is 3.73. The fourth-order valence-corrected chi connectivity index (χ4v) is 11.8. The summed E-state index contributed by atoms with van der Waals surface area (Å²) in [6.45, 7) is 0. The van der Waals surface area contributed by atoms with Gasteiger partial charge in [-0.3, -0.25) is 14.0 Å². The minimum absolute atomic E-state index is 0.0624. The van der Waals surface area contributed by atoms with Gasteiger partial charge in [0, 0.05) is 48.1 Å². The summed E-state index contributed by atoms with van der Waals surface area (Å²) in [5.74, 6) is -0.535. The fraction of sp³-hybridized carbons (Fsp3) is 0.219. The summed E-state index contributed by atoms with van der Waals surface area (Å²) in [6.07, 6.45) is 4.53. The fourth-order valence-electron chi connectivity index (χ4n) is 6.55. The van der Waals surface area contributed by atoms with Gasteiger partial charge >= 0.3 is 6.18 Å². The Morgan fingerprint density at radius 2 is 1.62 bits per heavy atom. The Balaban J connectivity index is 1.16. The molecule has 2 aromatic carbocycles. The van der Waals surface area contributed by atoms with Crippen molar-refractivity contribution in [3.05, 3.63) is 102 Å². The van der Waals surface area contributed by atoms with Gasteiger partial charge in [0.15, 0.2) is 0 Å². The Morgan fingerprint density at radius 3 is 2.33 bits per heavy atom. The smallest absolute Gasteiger partial charge is 0.382 e. The van der Waals surface area contributed by atoms with Gasteiger partial charge in [-0.2, -0.15) is 18.2 Å². The SMILES string of the molecule is Nc1nccn2c([P+]34CCC(NC(=O)c5ccccc5)(CC3)C4)nc(-c3ccc(C(=O)Nc4cc(C(F)(F)F)ccn4)cc3)c12. The van der Waals surface area contributed by atoms with Crippen LogP contribution in [0.2, 0.25) is 0 Å². The third-order valence-corrected chi connectivity index (χ3v) is 13.3. The molecule has 3 aromatic heterocycles. The molecule has 0 atom stereocenters. The second kappa shape index (κ2) is 10.7. The van der Waals surface area contributed by atoms with E-state index in [-0.39, 0.29) is 22.8 Å². The van der Waals surface area contributed by atoms with Crippen molar-refractivity contribution in [2.45, 2.75) is 24.6 Å². The minimum Gasteiger partial charge on any atom is -0.382 e. The Bertz CT molecular complexity index is 1940. The molecule has 4 N–H and O–H groups in total. The van der Waals surface area contributed by atoms with Crippen LogP contribution in [0.25, 0.3) is 16.8 Å². The van der Waals surface area contributed by atoms with E-state index in [2.05, 4.69) is 20.6 Å². The lowest BCUT2D eigenvalue weighted by molar-refractivity contribution is -0.137. The molecule has 5 aromatic rings. The van der Waals surface area contributed by atoms with E-state index >= 15 is 0 Å². The number of rotatable bonds is 6. The number of fused-ring (bicyclic) bond motifs is 3. The molecule has 0 unspecified atom stereocenters. The Kier molecular flexibility index (Phi) is 6.85. The maximum absolute atomic E-state index is 13.1. The number of nitrogen functional groups attached to an aromatic ring is 1. The molecule has 0 aliphatic carbocycles. The predicted molar refractivity (Wildman–Crippen MR) is 167 cm³/mol. The highest BCUT2D eigenvalue weighted by Crippen LogP contribution is 2.71. The first-order valence-corrected chi connectivity index (χ1v) is 16.7. The monoisotopic (exact) mass is 630 g/mol. The van der Waals surface area contributed by atoms with Gasteiger partial charge < -0.3 is 16.4 Å². The number of pyridine rings is 1. The van der Waals surface area contributed by atoms with Gasteiger partial charge in [0.05, 0.1) is 36.9 Å². The lowest BCUT2D eigenvalue weighted by atomic mass is 9.95. The minimum atomic E-state index is -4.55. The molecule has 7 rings (SSSR count). The van der Waals surface area contributed by atoms with Gasteiger partial charge in [0.1, 0.15) is 22.8 Å². The third kappa shape index (κ3) is 5.18. The van der Waals surface area contributed by atoms with Crippen molar-refractivity contribution < 1.29 is 22.8 Å². The molecule has 9 nitrogen and oxygen atoms in total. The van der Waals surface area contributed by atoms with Crippen LogP contribution < -0.4 is 21.9 Å². The van der Waals surface area contributed by atoms with Crippen LogP contribution in [-0.2, 0) is 6.18 Å². The first-order chi connectivity index (χ1) is 21.6. The zero-order valence-corrected chi connectivity index (χ0v) is 24.8. The Hall–Kier alpha value is -4.83. The van der Waals surface area contributed by atoms with Crippen molar-refractivity contribution in [2.75, 3.05) is 29.5 Å². The largest absolute Gasteiger partial charge is 0.416 e. The molecular weight excluding hydrogens is 602 g/mol. The van der Waals surface area contributed by atoms with Gasteiger partial charge in [0.25, 0.3) is 17.4 Å². The summed E-state index contributed by atoms with van der Waals surface area (Å²) in [5.41, 5.74) is 9.09. The molecule has 2 aliphatic heterocycles. The van der Waals surface area contributed by atoms with Crippen LogP contribution in [0.1, 0.15) is 39.1 Å². The van der Waals surface area contributed by atoms with Crippen LogP contribution in [0.3, 0.4) is 0 Å². The van der Waals surface area contributed by atoms with Crippen molar-refractivity contribution in [1.82, 2.24) is 24.7 Å². The second-order valence-corrected chi connectivity index (χ2v) is 15.5. The van der Waals surface area contributed by atoms with Crippen LogP contribution >= 0.6 is 7.26 Å². The lowest BCUT2D eigenvalue weighted by Crippen LogP contribution is -2.47. The van der Waals surface area contributed by atoms with Crippen molar-refractivity contribution in [1.29, 1.82) is 0 Å². The summed E-state index contributed by atoms with van der Waals surface area (Å²) < 4.78 is 41.3. The molecular formula is C32H28F3N7O2P+. The van der Waals surface area contributed by atoms with Crippen molar-refractivity contribution in [2.24, 2.45) is 0 Å². The summed E-state index contributed by atoms with van der Waals surface area (Å²) in [6, 6.07) is 17.5. The van der Waals surface area contributed by atoms with E-state index in [9.17, 15) is 22.8 Å². The molecule has 2 fully saturated rings. The number of aromatic nitrogens is 4. The number of halogens is 3. The number of benzene rings is 2. The Labute approximate surface area is 256 Å². The van der Waals surface area contributed by atoms with Crippen LogP contribution in [0, 0.1) is 0 Å². The summed E-state index contributed by atoms with van der Waals surface area (Å²) in [5, 5.41) is 5.78. The third-order valence-electron chi connectivity index (χ3n) is 8.79. The van der Waals surface area contributed by atoms with Gasteiger partial charge in [-0.1, -0.05) is 30.3 Å². The van der Waals surface area contributed by atoms with E-state index in [0.29, 0.717) is 28.2 Å². The molecule has 5 heterocycles. The second-order valence-electron chi connectivity index (χ2n) is 11.6. The number of carbonyl (C=O) groups is 2. The predicted octanol–water partition coefficient (Wildman–Crippen LogP) is 5.26. The molecule has 0 spiro atoms. The standard InChI is InChI=1S/C32H27F3N7O2P/c33-32(34,35)23-10-13-37-24(18-23)39-28(43)22-8-6-20(7-9-22)25-26-27(36)38-14-15-42(26)30(40-25)45-16-11-31(19-45,12-17-45)41-29(44)21-4-2-1-3-5-21/h1-10,13-15,18H,11-12,16-17,19H2,(H3-,36,37,38,39,41,43,44)/p+1. The van der Waals surface area contributed by atoms with E-state index in [1.807, 2.05) is 40.9 Å². The van der Waals surface area contributed by atoms with Crippen molar-refractivity contribution in [3.8, 4) is 11.3 Å². The van der Waals surface area contributed by atoms with Gasteiger partial charge in [0.2, 0.25) is 0 Å². The number of nitrogens with one attached hydrogen (secondary N) is 2. The number of nitrogens with zero attached hydrogens (tertiary/aromatic N) is 4. The van der Waals surface area contributed by atoms with Gasteiger partial charge in [-0.05, 0) is 36.4 Å². The summed E-state index contributed by atoms with van der Waals surface area (Å²) in [7, 11) is -1.76. The number of hydrogen-bond acceptors (Lipinski definition) is 6. The lowest BCUT2D eigenvalue weighted by Gasteiger charge is -2.24. The number of imidazole rings is 1. The molecule has 2 bridgehead atoms. The molecule has 2 aliphatic rings. The quantitative estimate of drug-likeness (QED) is 0.220. The number of carbonyl (C=O) groups excluding carboxylic acids is 2. The number of alkyl halides is 3. The highest BCUT2D eigenvalue weighted by Gasteiger charge is 2.64. The molecule has 2 saturated heterocycles. The summed E-state index contributed by atoms with van der Waals surface area (Å²) >= 11 is 0. The normalized spacial score (nSPS) is 20.8. The number of amides is 2. The molecule has 13 heteroatoms. The van der Waals surface area contributed by atoms with E-state index in [1.54, 1.807) is 30.5 Å². The zero-order chi connectivity index (χ0) is 31.4. The molecule has 0 radical (unpaired) electrons. The highest BCUT2D eigenvalue weighted by atomic mass is 31.2. The number of nitrogens with two attached hydrogens (primary N) is 1. The Morgan fingerprint density at radius 1 is 0.911 bits per heavy atom. The summed E-state index contributed by atoms with van der Waals surface area (Å²) in [4.78, 5) is 39.3. The number of anilines is 2. The maximum Gasteiger partial charge on any atom is 0.416 e. The van der Waals surface area contributed by atoms with Crippen LogP contribution in [-0.4, -0.2) is 55.2 Å². The topological polar surface area (TPSA) is 127 Å². The van der Waals surface area contributed by atoms with E-state index in [4.69, 9.17) is 10.7 Å². The van der Waals surface area contributed by atoms with Crippen LogP contribution in [0.5, 0.6) is 0 Å². The first kappa shape index (κ1) is 28.9. The van der Waals surface area contributed by atoms with Crippen molar-refractivity contribution in [3.63, 3.8) is 0 Å². The van der Waals surface area contributed by atoms with E-state index in [0.717, 1.165) is 55.2 Å². The van der Waals surface area contributed by atoms with E-state index < -0.39 is 24.9 Å². The maximum atomic E-state index is 13.1. The van der Waals surface area contributed by atoms with Gasteiger partial charge in [-0.15, -0.1) is 0 Å². The molecule has 45 heavy (non-hydrogen) atoms. The van der Waals surface area contributed by atoms with Crippen LogP contribution in [0.15, 0.2) is 85.3 Å².